The number of nitrogens with one attached hydrogen (secondary N) is 1. The molecular weight excluding hydrogens is 318 g/mol. The van der Waals surface area contributed by atoms with E-state index in [1.54, 1.807) is 18.2 Å². The summed E-state index contributed by atoms with van der Waals surface area (Å²) in [6, 6.07) is 15.5. The van der Waals surface area contributed by atoms with Crippen LogP contribution in [0, 0.1) is 0 Å². The lowest BCUT2D eigenvalue weighted by Gasteiger charge is -2.17. The number of carboxylic acids is 1. The summed E-state index contributed by atoms with van der Waals surface area (Å²) in [5.74, 6) is -0.922. The lowest BCUT2D eigenvalue weighted by molar-refractivity contribution is 0.0697. The second-order valence-electron chi connectivity index (χ2n) is 4.73. The molecule has 0 spiro atoms. The topological polar surface area (TPSA) is 49.3 Å². The fourth-order valence-electron chi connectivity index (χ4n) is 2.05. The zero-order valence-corrected chi connectivity index (χ0v) is 12.7. The highest BCUT2D eigenvalue weighted by Gasteiger charge is 2.09. The van der Waals surface area contributed by atoms with Crippen molar-refractivity contribution in [2.24, 2.45) is 0 Å². The summed E-state index contributed by atoms with van der Waals surface area (Å²) in [4.78, 5) is 10.9. The minimum Gasteiger partial charge on any atom is -0.478 e. The number of carboxylic acid groups (broad SMARTS) is 1. The number of rotatable bonds is 5. The van der Waals surface area contributed by atoms with Gasteiger partial charge in [-0.15, -0.1) is 0 Å². The Morgan fingerprint density at radius 2 is 1.95 bits per heavy atom. The third kappa shape index (κ3) is 3.84. The highest BCUT2D eigenvalue weighted by atomic mass is 79.9. The van der Waals surface area contributed by atoms with Gasteiger partial charge in [-0.25, -0.2) is 4.79 Å². The van der Waals surface area contributed by atoms with E-state index in [0.29, 0.717) is 0 Å². The van der Waals surface area contributed by atoms with Crippen LogP contribution in [0.2, 0.25) is 0 Å². The standard InChI is InChI=1S/C16H16BrNO2/c1-11(9-12-5-3-2-4-6-12)18-15-8-7-13(16(19)20)10-14(15)17/h2-8,10-11,18H,9H2,1H3,(H,19,20). The first-order chi connectivity index (χ1) is 9.56. The summed E-state index contributed by atoms with van der Waals surface area (Å²) >= 11 is 3.40. The maximum Gasteiger partial charge on any atom is 0.335 e. The molecule has 0 heterocycles. The first-order valence-corrected chi connectivity index (χ1v) is 7.19. The van der Waals surface area contributed by atoms with Gasteiger partial charge in [0, 0.05) is 16.2 Å². The molecule has 0 bridgehead atoms. The van der Waals surface area contributed by atoms with E-state index in [9.17, 15) is 4.79 Å². The number of halogens is 1. The van der Waals surface area contributed by atoms with Crippen molar-refractivity contribution in [2.75, 3.05) is 5.32 Å². The first-order valence-electron chi connectivity index (χ1n) is 6.39. The Labute approximate surface area is 126 Å². The van der Waals surface area contributed by atoms with E-state index in [1.807, 2.05) is 18.2 Å². The van der Waals surface area contributed by atoms with E-state index < -0.39 is 5.97 Å². The fraction of sp³-hybridized carbons (Fsp3) is 0.188. The number of anilines is 1. The summed E-state index contributed by atoms with van der Waals surface area (Å²) in [7, 11) is 0. The third-order valence-electron chi connectivity index (χ3n) is 3.00. The van der Waals surface area contributed by atoms with E-state index in [4.69, 9.17) is 5.11 Å². The molecule has 104 valence electrons. The molecule has 0 aliphatic rings. The van der Waals surface area contributed by atoms with Gasteiger partial charge in [-0.2, -0.15) is 0 Å². The molecule has 0 aliphatic heterocycles. The monoisotopic (exact) mass is 333 g/mol. The van der Waals surface area contributed by atoms with Crippen LogP contribution in [-0.2, 0) is 6.42 Å². The molecule has 0 fully saturated rings. The first kappa shape index (κ1) is 14.6. The van der Waals surface area contributed by atoms with Gasteiger partial charge in [0.05, 0.1) is 5.56 Å². The number of hydrogen-bond acceptors (Lipinski definition) is 2. The molecule has 0 saturated carbocycles. The molecule has 2 N–H and O–H groups in total. The van der Waals surface area contributed by atoms with Gasteiger partial charge >= 0.3 is 5.97 Å². The van der Waals surface area contributed by atoms with Gasteiger partial charge in [0.1, 0.15) is 0 Å². The van der Waals surface area contributed by atoms with Gasteiger partial charge in [0.25, 0.3) is 0 Å². The number of hydrogen-bond donors (Lipinski definition) is 2. The van der Waals surface area contributed by atoms with Crippen LogP contribution in [0.3, 0.4) is 0 Å². The van der Waals surface area contributed by atoms with Crippen LogP contribution >= 0.6 is 15.9 Å². The van der Waals surface area contributed by atoms with Gasteiger partial charge < -0.3 is 10.4 Å². The second-order valence-corrected chi connectivity index (χ2v) is 5.59. The van der Waals surface area contributed by atoms with Crippen LogP contribution in [0.25, 0.3) is 0 Å². The molecule has 0 saturated heterocycles. The molecule has 0 aromatic heterocycles. The SMILES string of the molecule is CC(Cc1ccccc1)Nc1ccc(C(=O)O)cc1Br. The molecule has 0 aliphatic carbocycles. The lowest BCUT2D eigenvalue weighted by atomic mass is 10.1. The van der Waals surface area contributed by atoms with Crippen LogP contribution in [0.1, 0.15) is 22.8 Å². The summed E-state index contributed by atoms with van der Waals surface area (Å²) in [6.45, 7) is 2.10. The van der Waals surface area contributed by atoms with Crippen LogP contribution in [0.15, 0.2) is 53.0 Å². The minimum absolute atomic E-state index is 0.254. The molecule has 2 aromatic carbocycles. The van der Waals surface area contributed by atoms with Crippen LogP contribution in [0.4, 0.5) is 5.69 Å². The van der Waals surface area contributed by atoms with Crippen molar-refractivity contribution in [2.45, 2.75) is 19.4 Å². The lowest BCUT2D eigenvalue weighted by Crippen LogP contribution is -2.18. The van der Waals surface area contributed by atoms with Gasteiger partial charge in [-0.05, 0) is 53.0 Å². The van der Waals surface area contributed by atoms with Crippen molar-refractivity contribution in [1.82, 2.24) is 0 Å². The quantitative estimate of drug-likeness (QED) is 0.862. The molecule has 1 atom stereocenters. The maximum absolute atomic E-state index is 10.9. The minimum atomic E-state index is -0.922. The van der Waals surface area contributed by atoms with Crippen molar-refractivity contribution in [3.8, 4) is 0 Å². The summed E-state index contributed by atoms with van der Waals surface area (Å²) in [5, 5.41) is 12.3. The molecule has 3 nitrogen and oxygen atoms in total. The van der Waals surface area contributed by atoms with Crippen molar-refractivity contribution in [3.05, 3.63) is 64.1 Å². The molecule has 20 heavy (non-hydrogen) atoms. The van der Waals surface area contributed by atoms with Crippen molar-refractivity contribution in [1.29, 1.82) is 0 Å². The highest BCUT2D eigenvalue weighted by molar-refractivity contribution is 9.10. The third-order valence-corrected chi connectivity index (χ3v) is 3.66. The average molecular weight is 334 g/mol. The number of carbonyl (C=O) groups is 1. The second kappa shape index (κ2) is 6.57. The molecule has 2 aromatic rings. The Hall–Kier alpha value is -1.81. The number of aromatic carboxylic acids is 1. The van der Waals surface area contributed by atoms with E-state index in [1.165, 1.54) is 5.56 Å². The van der Waals surface area contributed by atoms with E-state index in [-0.39, 0.29) is 11.6 Å². The van der Waals surface area contributed by atoms with Crippen LogP contribution in [0.5, 0.6) is 0 Å². The predicted octanol–water partition coefficient (Wildman–Crippen LogP) is 4.19. The van der Waals surface area contributed by atoms with Gasteiger partial charge in [-0.1, -0.05) is 30.3 Å². The summed E-state index contributed by atoms with van der Waals surface area (Å²) in [5.41, 5.74) is 2.45. The smallest absolute Gasteiger partial charge is 0.335 e. The van der Waals surface area contributed by atoms with E-state index in [2.05, 4.69) is 40.3 Å². The molecule has 1 unspecified atom stereocenters. The molecular formula is C16H16BrNO2. The summed E-state index contributed by atoms with van der Waals surface area (Å²) in [6.07, 6.45) is 0.911. The van der Waals surface area contributed by atoms with Gasteiger partial charge in [0.2, 0.25) is 0 Å². The Morgan fingerprint density at radius 1 is 1.25 bits per heavy atom. The Bertz CT molecular complexity index is 599. The Balaban J connectivity index is 2.04. The van der Waals surface area contributed by atoms with Crippen LogP contribution in [-0.4, -0.2) is 17.1 Å². The zero-order chi connectivity index (χ0) is 14.5. The average Bonchev–Trinajstić information content (AvgIpc) is 2.42. The normalized spacial score (nSPS) is 11.9. The fourth-order valence-corrected chi connectivity index (χ4v) is 2.54. The van der Waals surface area contributed by atoms with Gasteiger partial charge in [-0.3, -0.25) is 0 Å². The molecule has 0 amide bonds. The zero-order valence-electron chi connectivity index (χ0n) is 11.1. The van der Waals surface area contributed by atoms with Crippen molar-refractivity contribution < 1.29 is 9.90 Å². The maximum atomic E-state index is 10.9. The largest absolute Gasteiger partial charge is 0.478 e. The highest BCUT2D eigenvalue weighted by Crippen LogP contribution is 2.24. The molecule has 4 heteroatoms. The van der Waals surface area contributed by atoms with Gasteiger partial charge in [0.15, 0.2) is 0 Å². The van der Waals surface area contributed by atoms with Crippen LogP contribution < -0.4 is 5.32 Å². The number of benzene rings is 2. The Morgan fingerprint density at radius 3 is 2.55 bits per heavy atom. The van der Waals surface area contributed by atoms with E-state index >= 15 is 0 Å². The summed E-state index contributed by atoms with van der Waals surface area (Å²) < 4.78 is 0.761. The van der Waals surface area contributed by atoms with Crippen molar-refractivity contribution in [3.63, 3.8) is 0 Å². The molecule has 2 rings (SSSR count). The van der Waals surface area contributed by atoms with Crippen molar-refractivity contribution >= 4 is 27.6 Å². The van der Waals surface area contributed by atoms with E-state index in [0.717, 1.165) is 16.6 Å². The molecule has 0 radical (unpaired) electrons. The predicted molar refractivity (Wildman–Crippen MR) is 84.3 cm³/mol. The Kier molecular flexibility index (Phi) is 4.79.